The van der Waals surface area contributed by atoms with Crippen LogP contribution >= 0.6 is 15.9 Å². The number of benzene rings is 1. The van der Waals surface area contributed by atoms with Crippen LogP contribution < -0.4 is 5.73 Å². The number of carbonyl (C=O) groups is 1. The maximum atomic E-state index is 11.8. The van der Waals surface area contributed by atoms with Crippen LogP contribution in [-0.2, 0) is 4.74 Å². The van der Waals surface area contributed by atoms with Gasteiger partial charge in [-0.05, 0) is 28.9 Å². The van der Waals surface area contributed by atoms with Gasteiger partial charge >= 0.3 is 5.97 Å². The zero-order valence-electron chi connectivity index (χ0n) is 11.0. The molecule has 2 N–H and O–H groups in total. The minimum Gasteiger partial charge on any atom is -0.465 e. The Balaban J connectivity index is 2.41. The third-order valence-electron chi connectivity index (χ3n) is 2.59. The van der Waals surface area contributed by atoms with E-state index < -0.39 is 5.97 Å². The summed E-state index contributed by atoms with van der Waals surface area (Å²) < 4.78 is 6.85. The van der Waals surface area contributed by atoms with Crippen molar-refractivity contribution in [3.63, 3.8) is 0 Å². The van der Waals surface area contributed by atoms with Crippen molar-refractivity contribution in [3.8, 4) is 0 Å². The van der Waals surface area contributed by atoms with Gasteiger partial charge in [0.2, 0.25) is 5.95 Å². The number of halogens is 1. The van der Waals surface area contributed by atoms with Crippen molar-refractivity contribution in [2.75, 3.05) is 12.8 Å². The molecule has 1 aromatic heterocycles. The lowest BCUT2D eigenvalue weighted by Gasteiger charge is -2.06. The molecule has 0 aliphatic carbocycles. The molecule has 0 saturated carbocycles. The number of methoxy groups -OCH3 is 1. The van der Waals surface area contributed by atoms with Crippen LogP contribution in [0.2, 0.25) is 0 Å². The van der Waals surface area contributed by atoms with Crippen molar-refractivity contribution in [3.05, 3.63) is 45.7 Å². The number of hydrogen-bond acceptors (Lipinski definition) is 5. The Kier molecular flexibility index (Phi) is 4.19. The molecule has 6 nitrogen and oxygen atoms in total. The van der Waals surface area contributed by atoms with Gasteiger partial charge in [-0.3, -0.25) is 0 Å². The van der Waals surface area contributed by atoms with Crippen molar-refractivity contribution >= 4 is 34.1 Å². The SMILES string of the molecule is COC(=O)c1c(Br)cccc1C=Nn1cc(C)nc1N. The predicted molar refractivity (Wildman–Crippen MR) is 79.8 cm³/mol. The van der Waals surface area contributed by atoms with Crippen molar-refractivity contribution in [2.45, 2.75) is 6.92 Å². The van der Waals surface area contributed by atoms with E-state index in [2.05, 4.69) is 26.0 Å². The number of nitrogen functional groups attached to an aromatic ring is 1. The molecular formula is C13H13BrN4O2. The third kappa shape index (κ3) is 2.88. The predicted octanol–water partition coefficient (Wildman–Crippen LogP) is 2.21. The van der Waals surface area contributed by atoms with Gasteiger partial charge in [0.05, 0.1) is 30.8 Å². The molecule has 0 spiro atoms. The van der Waals surface area contributed by atoms with E-state index in [0.29, 0.717) is 15.6 Å². The van der Waals surface area contributed by atoms with Crippen molar-refractivity contribution in [2.24, 2.45) is 5.10 Å². The minimum atomic E-state index is -0.436. The highest BCUT2D eigenvalue weighted by atomic mass is 79.9. The molecule has 20 heavy (non-hydrogen) atoms. The lowest BCUT2D eigenvalue weighted by molar-refractivity contribution is 0.0599. The van der Waals surface area contributed by atoms with Crippen molar-refractivity contribution in [1.29, 1.82) is 0 Å². The average molecular weight is 337 g/mol. The fourth-order valence-electron chi connectivity index (χ4n) is 1.69. The van der Waals surface area contributed by atoms with Crippen LogP contribution in [-0.4, -0.2) is 29.0 Å². The lowest BCUT2D eigenvalue weighted by atomic mass is 10.1. The number of imidazole rings is 1. The van der Waals surface area contributed by atoms with Gasteiger partial charge in [0.15, 0.2) is 0 Å². The Morgan fingerprint density at radius 2 is 2.30 bits per heavy atom. The number of anilines is 1. The van der Waals surface area contributed by atoms with Crippen LogP contribution in [0.4, 0.5) is 5.95 Å². The van der Waals surface area contributed by atoms with Gasteiger partial charge in [0, 0.05) is 10.0 Å². The number of nitrogens with two attached hydrogens (primary N) is 1. The molecule has 2 aromatic rings. The van der Waals surface area contributed by atoms with Crippen LogP contribution in [0.1, 0.15) is 21.6 Å². The number of aryl methyl sites for hydroxylation is 1. The standard InChI is InChI=1S/C13H13BrN4O2/c1-8-7-18(13(15)17-8)16-6-9-4-3-5-10(14)11(9)12(19)20-2/h3-7H,1-2H3,(H2,15,17). The Hall–Kier alpha value is -2.15. The Morgan fingerprint density at radius 3 is 2.90 bits per heavy atom. The normalized spacial score (nSPS) is 10.9. The highest BCUT2D eigenvalue weighted by molar-refractivity contribution is 9.10. The first-order valence-corrected chi connectivity index (χ1v) is 6.55. The number of esters is 1. The summed E-state index contributed by atoms with van der Waals surface area (Å²) in [6, 6.07) is 5.33. The van der Waals surface area contributed by atoms with Gasteiger partial charge < -0.3 is 10.5 Å². The van der Waals surface area contributed by atoms with E-state index in [4.69, 9.17) is 10.5 Å². The van der Waals surface area contributed by atoms with Gasteiger partial charge in [0.1, 0.15) is 0 Å². The fraction of sp³-hybridized carbons (Fsp3) is 0.154. The van der Waals surface area contributed by atoms with E-state index in [1.807, 2.05) is 6.92 Å². The molecule has 0 fully saturated rings. The molecule has 0 amide bonds. The fourth-order valence-corrected chi connectivity index (χ4v) is 2.23. The van der Waals surface area contributed by atoms with Crippen LogP contribution in [0.5, 0.6) is 0 Å². The molecular weight excluding hydrogens is 324 g/mol. The first-order valence-electron chi connectivity index (χ1n) is 5.75. The largest absolute Gasteiger partial charge is 0.465 e. The average Bonchev–Trinajstić information content (AvgIpc) is 2.74. The van der Waals surface area contributed by atoms with E-state index in [0.717, 1.165) is 5.69 Å². The zero-order chi connectivity index (χ0) is 14.7. The topological polar surface area (TPSA) is 82.5 Å². The first kappa shape index (κ1) is 14.3. The molecule has 1 heterocycles. The maximum absolute atomic E-state index is 11.8. The van der Waals surface area contributed by atoms with E-state index in [9.17, 15) is 4.79 Å². The molecule has 0 saturated heterocycles. The van der Waals surface area contributed by atoms with Crippen LogP contribution in [0.25, 0.3) is 0 Å². The molecule has 0 unspecified atom stereocenters. The lowest BCUT2D eigenvalue weighted by Crippen LogP contribution is -2.07. The van der Waals surface area contributed by atoms with Gasteiger partial charge in [-0.2, -0.15) is 5.10 Å². The maximum Gasteiger partial charge on any atom is 0.339 e. The van der Waals surface area contributed by atoms with Gasteiger partial charge in [-0.1, -0.05) is 12.1 Å². The minimum absolute atomic E-state index is 0.286. The summed E-state index contributed by atoms with van der Waals surface area (Å²) >= 11 is 3.33. The highest BCUT2D eigenvalue weighted by Gasteiger charge is 2.14. The smallest absolute Gasteiger partial charge is 0.339 e. The van der Waals surface area contributed by atoms with E-state index in [1.165, 1.54) is 18.0 Å². The number of aromatic nitrogens is 2. The first-order chi connectivity index (χ1) is 9.52. The van der Waals surface area contributed by atoms with Crippen LogP contribution in [0.3, 0.4) is 0 Å². The molecule has 0 atom stereocenters. The second-order valence-corrected chi connectivity index (χ2v) is 4.88. The van der Waals surface area contributed by atoms with Gasteiger partial charge in [0.25, 0.3) is 0 Å². The summed E-state index contributed by atoms with van der Waals surface area (Å²) in [7, 11) is 1.33. The second-order valence-electron chi connectivity index (χ2n) is 4.03. The summed E-state index contributed by atoms with van der Waals surface area (Å²) in [5.41, 5.74) is 7.50. The van der Waals surface area contributed by atoms with Gasteiger partial charge in [-0.15, -0.1) is 0 Å². The summed E-state index contributed by atoms with van der Waals surface area (Å²) in [4.78, 5) is 15.8. The number of nitrogens with zero attached hydrogens (tertiary/aromatic N) is 3. The monoisotopic (exact) mass is 336 g/mol. The number of ether oxygens (including phenoxy) is 1. The van der Waals surface area contributed by atoms with E-state index in [-0.39, 0.29) is 5.95 Å². The Bertz CT molecular complexity index is 679. The second kappa shape index (κ2) is 5.87. The molecule has 2 rings (SSSR count). The number of hydrogen-bond donors (Lipinski definition) is 1. The third-order valence-corrected chi connectivity index (χ3v) is 3.25. The zero-order valence-corrected chi connectivity index (χ0v) is 12.6. The molecule has 0 bridgehead atoms. The number of carbonyl (C=O) groups excluding carboxylic acids is 1. The Morgan fingerprint density at radius 1 is 1.55 bits per heavy atom. The summed E-state index contributed by atoms with van der Waals surface area (Å²) in [6.45, 7) is 1.82. The molecule has 0 aliphatic heterocycles. The summed E-state index contributed by atoms with van der Waals surface area (Å²) in [6.07, 6.45) is 3.23. The van der Waals surface area contributed by atoms with Gasteiger partial charge in [-0.25, -0.2) is 14.5 Å². The van der Waals surface area contributed by atoms with E-state index in [1.54, 1.807) is 24.4 Å². The highest BCUT2D eigenvalue weighted by Crippen LogP contribution is 2.20. The van der Waals surface area contributed by atoms with Crippen molar-refractivity contribution < 1.29 is 9.53 Å². The van der Waals surface area contributed by atoms with Crippen LogP contribution in [0.15, 0.2) is 34.0 Å². The molecule has 0 radical (unpaired) electrons. The Labute approximate surface area is 124 Å². The summed E-state index contributed by atoms with van der Waals surface area (Å²) in [5, 5.41) is 4.19. The molecule has 0 aliphatic rings. The molecule has 104 valence electrons. The molecule has 7 heteroatoms. The van der Waals surface area contributed by atoms with Crippen LogP contribution in [0, 0.1) is 6.92 Å². The van der Waals surface area contributed by atoms with Crippen molar-refractivity contribution in [1.82, 2.24) is 9.66 Å². The summed E-state index contributed by atoms with van der Waals surface area (Å²) in [5.74, 6) is -0.151. The quantitative estimate of drug-likeness (QED) is 0.688. The molecule has 1 aromatic carbocycles. The van der Waals surface area contributed by atoms with E-state index >= 15 is 0 Å². The number of rotatable bonds is 3.